The molecule has 1 aromatic carbocycles. The van der Waals surface area contributed by atoms with Gasteiger partial charge in [-0.2, -0.15) is 0 Å². The fourth-order valence-electron chi connectivity index (χ4n) is 2.84. The van der Waals surface area contributed by atoms with Crippen molar-refractivity contribution in [3.63, 3.8) is 0 Å². The molecule has 4 N–H and O–H groups in total. The van der Waals surface area contributed by atoms with Gasteiger partial charge in [0.1, 0.15) is 0 Å². The molecule has 1 aromatic rings. The van der Waals surface area contributed by atoms with Crippen LogP contribution < -0.4 is 15.8 Å². The van der Waals surface area contributed by atoms with Crippen LogP contribution in [-0.4, -0.2) is 26.4 Å². The molecule has 0 saturated heterocycles. The number of carbonyl (C=O) groups excluding carboxylic acids is 1. The third-order valence-corrected chi connectivity index (χ3v) is 6.07. The molecule has 23 heavy (non-hydrogen) atoms. The highest BCUT2D eigenvalue weighted by Crippen LogP contribution is 2.29. The molecule has 0 heterocycles. The molecule has 2 fully saturated rings. The molecule has 0 unspecified atom stereocenters. The van der Waals surface area contributed by atoms with Crippen molar-refractivity contribution in [3.05, 3.63) is 24.3 Å². The number of amides is 1. The molecule has 0 radical (unpaired) electrons. The van der Waals surface area contributed by atoms with Crippen LogP contribution in [0, 0.1) is 5.92 Å². The van der Waals surface area contributed by atoms with Crippen LogP contribution in [0.5, 0.6) is 0 Å². The molecular weight excluding hydrogens is 314 g/mol. The van der Waals surface area contributed by atoms with Crippen LogP contribution in [0.3, 0.4) is 0 Å². The van der Waals surface area contributed by atoms with E-state index in [-0.39, 0.29) is 10.8 Å². The third kappa shape index (κ3) is 3.91. The van der Waals surface area contributed by atoms with Gasteiger partial charge in [0.25, 0.3) is 0 Å². The van der Waals surface area contributed by atoms with Gasteiger partial charge in [0, 0.05) is 12.2 Å². The van der Waals surface area contributed by atoms with E-state index in [4.69, 9.17) is 5.73 Å². The maximum absolute atomic E-state index is 12.2. The predicted molar refractivity (Wildman–Crippen MR) is 88.4 cm³/mol. The predicted octanol–water partition coefficient (Wildman–Crippen LogP) is 1.58. The Balaban J connectivity index is 1.63. The van der Waals surface area contributed by atoms with Crippen LogP contribution in [0.4, 0.5) is 5.69 Å². The van der Waals surface area contributed by atoms with Gasteiger partial charge in [0.05, 0.1) is 10.4 Å². The number of hydrogen-bond donors (Lipinski definition) is 3. The molecule has 6 nitrogen and oxygen atoms in total. The van der Waals surface area contributed by atoms with E-state index in [1.807, 2.05) is 0 Å². The molecule has 2 aliphatic carbocycles. The summed E-state index contributed by atoms with van der Waals surface area (Å²) in [5.41, 5.74) is 5.87. The number of nitrogens with two attached hydrogens (primary N) is 1. The van der Waals surface area contributed by atoms with Gasteiger partial charge in [-0.3, -0.25) is 4.79 Å². The number of benzene rings is 1. The molecule has 2 saturated carbocycles. The van der Waals surface area contributed by atoms with Gasteiger partial charge in [-0.1, -0.05) is 12.8 Å². The summed E-state index contributed by atoms with van der Waals surface area (Å²) in [5, 5.41) is 2.78. The average Bonchev–Trinajstić information content (AvgIpc) is 3.26. The summed E-state index contributed by atoms with van der Waals surface area (Å²) in [6.07, 6.45) is 5.50. The molecule has 0 aromatic heterocycles. The van der Waals surface area contributed by atoms with Crippen molar-refractivity contribution in [2.75, 3.05) is 11.9 Å². The van der Waals surface area contributed by atoms with E-state index in [1.165, 1.54) is 12.1 Å². The van der Waals surface area contributed by atoms with Gasteiger partial charge >= 0.3 is 0 Å². The average molecular weight is 337 g/mol. The second-order valence-electron chi connectivity index (χ2n) is 6.64. The van der Waals surface area contributed by atoms with Gasteiger partial charge in [-0.15, -0.1) is 0 Å². The summed E-state index contributed by atoms with van der Waals surface area (Å²) in [6.45, 7) is 0.497. The zero-order valence-corrected chi connectivity index (χ0v) is 13.9. The first kappa shape index (κ1) is 16.4. The zero-order valence-electron chi connectivity index (χ0n) is 13.0. The molecular formula is C16H23N3O3S. The van der Waals surface area contributed by atoms with Crippen molar-refractivity contribution in [1.82, 2.24) is 4.72 Å². The van der Waals surface area contributed by atoms with Gasteiger partial charge in [0.2, 0.25) is 15.9 Å². The van der Waals surface area contributed by atoms with E-state index < -0.39 is 15.6 Å². The minimum absolute atomic E-state index is 0.197. The van der Waals surface area contributed by atoms with Crippen molar-refractivity contribution in [3.8, 4) is 0 Å². The number of hydrogen-bond acceptors (Lipinski definition) is 4. The normalized spacial score (nSPS) is 20.4. The van der Waals surface area contributed by atoms with Gasteiger partial charge < -0.3 is 11.1 Å². The first-order chi connectivity index (χ1) is 10.9. The largest absolute Gasteiger partial charge is 0.324 e. The van der Waals surface area contributed by atoms with Gasteiger partial charge in [-0.25, -0.2) is 13.1 Å². The lowest BCUT2D eigenvalue weighted by molar-refractivity contribution is -0.121. The third-order valence-electron chi connectivity index (χ3n) is 4.63. The van der Waals surface area contributed by atoms with E-state index in [2.05, 4.69) is 10.0 Å². The standard InChI is InChI=1S/C16H23N3O3S/c17-16(9-1-2-10-16)15(20)19-13-5-7-14(8-6-13)23(21,22)18-11-12-3-4-12/h5-8,12,18H,1-4,9-11,17H2,(H,19,20). The first-order valence-electron chi connectivity index (χ1n) is 8.09. The van der Waals surface area contributed by atoms with Crippen LogP contribution in [0.1, 0.15) is 38.5 Å². The van der Waals surface area contributed by atoms with Gasteiger partial charge in [-0.05, 0) is 55.9 Å². The van der Waals surface area contributed by atoms with Crippen LogP contribution in [-0.2, 0) is 14.8 Å². The molecule has 2 aliphatic rings. The maximum atomic E-state index is 12.2. The van der Waals surface area contributed by atoms with Crippen molar-refractivity contribution in [2.24, 2.45) is 11.7 Å². The lowest BCUT2D eigenvalue weighted by atomic mass is 9.98. The quantitative estimate of drug-likeness (QED) is 0.733. The summed E-state index contributed by atoms with van der Waals surface area (Å²) < 4.78 is 26.9. The number of rotatable bonds is 6. The highest BCUT2D eigenvalue weighted by molar-refractivity contribution is 7.89. The summed E-state index contributed by atoms with van der Waals surface area (Å²) in [6, 6.07) is 6.20. The molecule has 0 aliphatic heterocycles. The van der Waals surface area contributed by atoms with E-state index in [0.29, 0.717) is 31.0 Å². The number of sulfonamides is 1. The van der Waals surface area contributed by atoms with E-state index >= 15 is 0 Å². The number of nitrogens with one attached hydrogen (secondary N) is 2. The van der Waals surface area contributed by atoms with Crippen LogP contribution >= 0.6 is 0 Å². The fraction of sp³-hybridized carbons (Fsp3) is 0.562. The molecule has 1 amide bonds. The lowest BCUT2D eigenvalue weighted by Gasteiger charge is -2.22. The summed E-state index contributed by atoms with van der Waals surface area (Å²) >= 11 is 0. The van der Waals surface area contributed by atoms with Crippen molar-refractivity contribution >= 4 is 21.6 Å². The molecule has 126 valence electrons. The Bertz CT molecular complexity index is 675. The van der Waals surface area contributed by atoms with Crippen LogP contribution in [0.2, 0.25) is 0 Å². The van der Waals surface area contributed by atoms with Crippen molar-refractivity contribution in [1.29, 1.82) is 0 Å². The monoisotopic (exact) mass is 337 g/mol. The summed E-state index contributed by atoms with van der Waals surface area (Å²) in [7, 11) is -3.48. The highest BCUT2D eigenvalue weighted by Gasteiger charge is 2.37. The van der Waals surface area contributed by atoms with Crippen molar-refractivity contribution in [2.45, 2.75) is 49.0 Å². The summed E-state index contributed by atoms with van der Waals surface area (Å²) in [4.78, 5) is 12.4. The zero-order chi connectivity index (χ0) is 16.5. The topological polar surface area (TPSA) is 101 Å². The van der Waals surface area contributed by atoms with Crippen molar-refractivity contribution < 1.29 is 13.2 Å². The maximum Gasteiger partial charge on any atom is 0.244 e. The number of anilines is 1. The minimum Gasteiger partial charge on any atom is -0.324 e. The highest BCUT2D eigenvalue weighted by atomic mass is 32.2. The first-order valence-corrected chi connectivity index (χ1v) is 9.57. The molecule has 0 spiro atoms. The molecule has 0 bridgehead atoms. The van der Waals surface area contributed by atoms with Crippen LogP contribution in [0.25, 0.3) is 0 Å². The Labute approximate surface area is 136 Å². The molecule has 7 heteroatoms. The Morgan fingerprint density at radius 3 is 2.35 bits per heavy atom. The van der Waals surface area contributed by atoms with E-state index in [9.17, 15) is 13.2 Å². The van der Waals surface area contributed by atoms with E-state index in [1.54, 1.807) is 12.1 Å². The lowest BCUT2D eigenvalue weighted by Crippen LogP contribution is -2.48. The second-order valence-corrected chi connectivity index (χ2v) is 8.40. The Morgan fingerprint density at radius 2 is 1.78 bits per heavy atom. The molecule has 3 rings (SSSR count). The van der Waals surface area contributed by atoms with Gasteiger partial charge in [0.15, 0.2) is 0 Å². The van der Waals surface area contributed by atoms with Crippen LogP contribution in [0.15, 0.2) is 29.2 Å². The van der Waals surface area contributed by atoms with E-state index in [0.717, 1.165) is 25.7 Å². The Hall–Kier alpha value is -1.44. The summed E-state index contributed by atoms with van der Waals surface area (Å²) in [5.74, 6) is 0.285. The minimum atomic E-state index is -3.48. The molecule has 0 atom stereocenters. The second kappa shape index (κ2) is 6.22. The number of carbonyl (C=O) groups is 1. The fourth-order valence-corrected chi connectivity index (χ4v) is 3.95. The Kier molecular flexibility index (Phi) is 4.44. The smallest absolute Gasteiger partial charge is 0.244 e. The SMILES string of the molecule is NC1(C(=O)Nc2ccc(S(=O)(=O)NCC3CC3)cc2)CCCC1. The Morgan fingerprint density at radius 1 is 1.17 bits per heavy atom.